The molecular formula is C13H24N6O. The molecule has 2 N–H and O–H groups in total. The Morgan fingerprint density at radius 1 is 1.30 bits per heavy atom. The fraction of sp³-hybridized carbons (Fsp3) is 0.769. The molecule has 0 aromatic carbocycles. The van der Waals surface area contributed by atoms with Crippen molar-refractivity contribution in [3.8, 4) is 6.01 Å². The zero-order valence-electron chi connectivity index (χ0n) is 12.7. The molecule has 1 saturated heterocycles. The van der Waals surface area contributed by atoms with Crippen LogP contribution in [0.2, 0.25) is 0 Å². The number of hydrogen-bond donors (Lipinski definition) is 2. The van der Waals surface area contributed by atoms with E-state index in [4.69, 9.17) is 4.74 Å². The SMILES string of the molecule is CNc1nc(NCC2CCCN2C)nc(OC(C)C)n1. The van der Waals surface area contributed by atoms with E-state index in [0.29, 0.717) is 23.9 Å². The van der Waals surface area contributed by atoms with Crippen molar-refractivity contribution < 1.29 is 4.74 Å². The Labute approximate surface area is 120 Å². The summed E-state index contributed by atoms with van der Waals surface area (Å²) in [5.41, 5.74) is 0. The van der Waals surface area contributed by atoms with Crippen LogP contribution in [0, 0.1) is 0 Å². The molecule has 7 heteroatoms. The summed E-state index contributed by atoms with van der Waals surface area (Å²) in [6.45, 7) is 5.89. The summed E-state index contributed by atoms with van der Waals surface area (Å²) < 4.78 is 5.54. The molecule has 0 aliphatic carbocycles. The quantitative estimate of drug-likeness (QED) is 0.811. The highest BCUT2D eigenvalue weighted by molar-refractivity contribution is 5.35. The molecule has 1 aromatic rings. The first-order chi connectivity index (χ1) is 9.58. The number of nitrogens with zero attached hydrogens (tertiary/aromatic N) is 4. The van der Waals surface area contributed by atoms with E-state index in [2.05, 4.69) is 37.5 Å². The summed E-state index contributed by atoms with van der Waals surface area (Å²) in [6.07, 6.45) is 2.50. The average Bonchev–Trinajstić information content (AvgIpc) is 2.81. The van der Waals surface area contributed by atoms with Gasteiger partial charge >= 0.3 is 6.01 Å². The van der Waals surface area contributed by atoms with Crippen molar-refractivity contribution in [2.24, 2.45) is 0 Å². The highest BCUT2D eigenvalue weighted by Crippen LogP contribution is 2.16. The molecule has 0 saturated carbocycles. The first-order valence-electron chi connectivity index (χ1n) is 7.13. The summed E-state index contributed by atoms with van der Waals surface area (Å²) in [5, 5.41) is 6.21. The largest absolute Gasteiger partial charge is 0.461 e. The van der Waals surface area contributed by atoms with Crippen LogP contribution in [0.4, 0.5) is 11.9 Å². The Bertz CT molecular complexity index is 439. The monoisotopic (exact) mass is 280 g/mol. The van der Waals surface area contributed by atoms with E-state index in [1.54, 1.807) is 7.05 Å². The second kappa shape index (κ2) is 6.69. The van der Waals surface area contributed by atoms with Crippen LogP contribution in [0.15, 0.2) is 0 Å². The maximum absolute atomic E-state index is 5.54. The van der Waals surface area contributed by atoms with Gasteiger partial charge in [-0.25, -0.2) is 0 Å². The van der Waals surface area contributed by atoms with Crippen LogP contribution < -0.4 is 15.4 Å². The Hall–Kier alpha value is -1.63. The molecule has 112 valence electrons. The Morgan fingerprint density at radius 2 is 2.05 bits per heavy atom. The van der Waals surface area contributed by atoms with Gasteiger partial charge in [-0.05, 0) is 40.3 Å². The number of aromatic nitrogens is 3. The van der Waals surface area contributed by atoms with Crippen molar-refractivity contribution >= 4 is 11.9 Å². The van der Waals surface area contributed by atoms with Crippen LogP contribution in [0.5, 0.6) is 6.01 Å². The average molecular weight is 280 g/mol. The van der Waals surface area contributed by atoms with Crippen LogP contribution >= 0.6 is 0 Å². The summed E-state index contributed by atoms with van der Waals surface area (Å²) in [4.78, 5) is 15.1. The van der Waals surface area contributed by atoms with Crippen LogP contribution in [-0.4, -0.2) is 59.2 Å². The standard InChI is InChI=1S/C13H24N6O/c1-9(2)20-13-17-11(14-3)16-12(18-13)15-8-10-6-5-7-19(10)4/h9-10H,5-8H2,1-4H3,(H2,14,15,16,17,18). The first kappa shape index (κ1) is 14.8. The smallest absolute Gasteiger partial charge is 0.323 e. The van der Waals surface area contributed by atoms with E-state index in [9.17, 15) is 0 Å². The molecule has 0 amide bonds. The fourth-order valence-electron chi connectivity index (χ4n) is 2.26. The molecule has 2 rings (SSSR count). The van der Waals surface area contributed by atoms with Crippen molar-refractivity contribution in [3.63, 3.8) is 0 Å². The van der Waals surface area contributed by atoms with Gasteiger partial charge in [0.25, 0.3) is 0 Å². The van der Waals surface area contributed by atoms with Crippen LogP contribution in [0.25, 0.3) is 0 Å². The summed E-state index contributed by atoms with van der Waals surface area (Å²) in [6, 6.07) is 0.890. The lowest BCUT2D eigenvalue weighted by Crippen LogP contribution is -2.32. The molecular weight excluding hydrogens is 256 g/mol. The van der Waals surface area contributed by atoms with E-state index >= 15 is 0 Å². The van der Waals surface area contributed by atoms with Gasteiger partial charge in [0.2, 0.25) is 11.9 Å². The molecule has 1 unspecified atom stereocenters. The molecule has 1 atom stereocenters. The Kier molecular flexibility index (Phi) is 4.94. The van der Waals surface area contributed by atoms with Gasteiger partial charge in [-0.3, -0.25) is 0 Å². The lowest BCUT2D eigenvalue weighted by Gasteiger charge is -2.19. The number of nitrogens with one attached hydrogen (secondary N) is 2. The van der Waals surface area contributed by atoms with Crippen molar-refractivity contribution in [1.82, 2.24) is 19.9 Å². The van der Waals surface area contributed by atoms with Gasteiger partial charge in [0.05, 0.1) is 6.10 Å². The zero-order chi connectivity index (χ0) is 14.5. The second-order valence-corrected chi connectivity index (χ2v) is 5.34. The summed E-state index contributed by atoms with van der Waals surface area (Å²) in [5.74, 6) is 1.07. The normalized spacial score (nSPS) is 19.4. The van der Waals surface area contributed by atoms with E-state index in [-0.39, 0.29) is 6.10 Å². The second-order valence-electron chi connectivity index (χ2n) is 5.34. The van der Waals surface area contributed by atoms with Gasteiger partial charge in [-0.15, -0.1) is 0 Å². The van der Waals surface area contributed by atoms with E-state index in [0.717, 1.165) is 13.1 Å². The van der Waals surface area contributed by atoms with E-state index < -0.39 is 0 Å². The topological polar surface area (TPSA) is 75.2 Å². The fourth-order valence-corrected chi connectivity index (χ4v) is 2.26. The van der Waals surface area contributed by atoms with E-state index in [1.165, 1.54) is 12.8 Å². The Morgan fingerprint density at radius 3 is 2.65 bits per heavy atom. The van der Waals surface area contributed by atoms with Crippen molar-refractivity contribution in [2.75, 3.05) is 37.8 Å². The first-order valence-corrected chi connectivity index (χ1v) is 7.13. The lowest BCUT2D eigenvalue weighted by molar-refractivity contribution is 0.222. The van der Waals surface area contributed by atoms with Gasteiger partial charge in [-0.2, -0.15) is 15.0 Å². The third-order valence-corrected chi connectivity index (χ3v) is 3.35. The van der Waals surface area contributed by atoms with Crippen LogP contribution in [0.3, 0.4) is 0 Å². The maximum Gasteiger partial charge on any atom is 0.323 e. The highest BCUT2D eigenvalue weighted by atomic mass is 16.5. The van der Waals surface area contributed by atoms with Crippen molar-refractivity contribution in [3.05, 3.63) is 0 Å². The van der Waals surface area contributed by atoms with Gasteiger partial charge in [-0.1, -0.05) is 0 Å². The van der Waals surface area contributed by atoms with Gasteiger partial charge in [0.15, 0.2) is 0 Å². The molecule has 1 aromatic heterocycles. The molecule has 0 bridgehead atoms. The number of likely N-dealkylation sites (N-methyl/N-ethyl adjacent to an activating group) is 1. The minimum absolute atomic E-state index is 0.0379. The third kappa shape index (κ3) is 3.93. The molecule has 1 aliphatic rings. The number of anilines is 2. The minimum atomic E-state index is 0.0379. The van der Waals surface area contributed by atoms with Crippen molar-refractivity contribution in [1.29, 1.82) is 0 Å². The third-order valence-electron chi connectivity index (χ3n) is 3.35. The number of ether oxygens (including phenoxy) is 1. The number of rotatable bonds is 6. The van der Waals surface area contributed by atoms with Crippen LogP contribution in [0.1, 0.15) is 26.7 Å². The number of likely N-dealkylation sites (tertiary alicyclic amines) is 1. The zero-order valence-corrected chi connectivity index (χ0v) is 12.7. The van der Waals surface area contributed by atoms with E-state index in [1.807, 2.05) is 13.8 Å². The molecule has 1 aliphatic heterocycles. The highest BCUT2D eigenvalue weighted by Gasteiger charge is 2.20. The molecule has 1 fully saturated rings. The van der Waals surface area contributed by atoms with Gasteiger partial charge in [0.1, 0.15) is 0 Å². The maximum atomic E-state index is 5.54. The van der Waals surface area contributed by atoms with Crippen LogP contribution in [-0.2, 0) is 0 Å². The summed E-state index contributed by atoms with van der Waals surface area (Å²) in [7, 11) is 3.93. The predicted octanol–water partition coefficient (Wildman–Crippen LogP) is 1.21. The molecule has 0 spiro atoms. The molecule has 0 radical (unpaired) electrons. The van der Waals surface area contributed by atoms with Gasteiger partial charge in [0, 0.05) is 19.6 Å². The Balaban J connectivity index is 2.02. The molecule has 20 heavy (non-hydrogen) atoms. The lowest BCUT2D eigenvalue weighted by atomic mass is 10.2. The minimum Gasteiger partial charge on any atom is -0.461 e. The molecule has 7 nitrogen and oxygen atoms in total. The van der Waals surface area contributed by atoms with Gasteiger partial charge < -0.3 is 20.3 Å². The molecule has 2 heterocycles. The number of hydrogen-bond acceptors (Lipinski definition) is 7. The summed E-state index contributed by atoms with van der Waals surface area (Å²) >= 11 is 0. The predicted molar refractivity (Wildman–Crippen MR) is 79.3 cm³/mol. The van der Waals surface area contributed by atoms with Crippen molar-refractivity contribution in [2.45, 2.75) is 38.8 Å².